The SMILES string of the molecule is COC(=O)C(c1ncco1)(C(C#N)C#N)C1CC1. The molecule has 18 heavy (non-hydrogen) atoms. The Bertz CT molecular complexity index is 508. The van der Waals surface area contributed by atoms with E-state index in [0.29, 0.717) is 0 Å². The average molecular weight is 245 g/mol. The Hall–Kier alpha value is -2.34. The number of carbonyl (C=O) groups is 1. The number of carbonyl (C=O) groups excluding carboxylic acids is 1. The Kier molecular flexibility index (Phi) is 3.03. The molecule has 1 atom stereocenters. The number of nitrogens with zero attached hydrogens (tertiary/aromatic N) is 3. The van der Waals surface area contributed by atoms with Crippen molar-refractivity contribution in [3.05, 3.63) is 18.4 Å². The Morgan fingerprint density at radius 2 is 2.28 bits per heavy atom. The number of esters is 1. The van der Waals surface area contributed by atoms with E-state index in [9.17, 15) is 4.79 Å². The molecule has 0 saturated heterocycles. The molecule has 1 heterocycles. The highest BCUT2D eigenvalue weighted by atomic mass is 16.5. The van der Waals surface area contributed by atoms with Crippen molar-refractivity contribution >= 4 is 5.97 Å². The summed E-state index contributed by atoms with van der Waals surface area (Å²) in [6, 6.07) is 3.71. The standard InChI is InChI=1S/C12H11N3O3/c1-17-11(16)12(8-2-3-8,9(6-13)7-14)10-15-4-5-18-10/h4-5,8-9H,2-3H2,1H3. The Balaban J connectivity index is 2.60. The van der Waals surface area contributed by atoms with Crippen LogP contribution in [0.1, 0.15) is 18.7 Å². The maximum Gasteiger partial charge on any atom is 0.324 e. The molecule has 1 aliphatic carbocycles. The first-order valence-electron chi connectivity index (χ1n) is 5.49. The molecule has 0 aromatic carbocycles. The zero-order chi connectivity index (χ0) is 13.2. The van der Waals surface area contributed by atoms with Crippen LogP contribution in [0.2, 0.25) is 0 Å². The number of hydrogen-bond acceptors (Lipinski definition) is 6. The average Bonchev–Trinajstić information content (AvgIpc) is 3.10. The van der Waals surface area contributed by atoms with E-state index < -0.39 is 17.3 Å². The lowest BCUT2D eigenvalue weighted by molar-refractivity contribution is -0.150. The molecule has 0 aliphatic heterocycles. The van der Waals surface area contributed by atoms with Gasteiger partial charge in [-0.15, -0.1) is 0 Å². The molecule has 0 spiro atoms. The van der Waals surface area contributed by atoms with E-state index in [-0.39, 0.29) is 11.8 Å². The van der Waals surface area contributed by atoms with Gasteiger partial charge in [-0.25, -0.2) is 4.98 Å². The molecule has 0 bridgehead atoms. The van der Waals surface area contributed by atoms with Crippen LogP contribution in [0, 0.1) is 34.5 Å². The fourth-order valence-electron chi connectivity index (χ4n) is 2.27. The first kappa shape index (κ1) is 12.1. The molecule has 1 aliphatic rings. The topological polar surface area (TPSA) is 99.9 Å². The zero-order valence-corrected chi connectivity index (χ0v) is 9.79. The molecule has 1 unspecified atom stereocenters. The van der Waals surface area contributed by atoms with Crippen molar-refractivity contribution in [1.82, 2.24) is 4.98 Å². The molecule has 1 aromatic heterocycles. The highest BCUT2D eigenvalue weighted by molar-refractivity contribution is 5.84. The molecule has 0 N–H and O–H groups in total. The molecule has 6 heteroatoms. The Morgan fingerprint density at radius 1 is 1.61 bits per heavy atom. The third kappa shape index (κ3) is 1.54. The molecular weight excluding hydrogens is 234 g/mol. The van der Waals surface area contributed by atoms with Gasteiger partial charge >= 0.3 is 5.97 Å². The van der Waals surface area contributed by atoms with E-state index in [0.717, 1.165) is 12.8 Å². The second kappa shape index (κ2) is 4.50. The summed E-state index contributed by atoms with van der Waals surface area (Å²) in [7, 11) is 1.23. The predicted molar refractivity (Wildman–Crippen MR) is 57.6 cm³/mol. The lowest BCUT2D eigenvalue weighted by Gasteiger charge is -2.28. The first-order chi connectivity index (χ1) is 8.71. The number of oxazole rings is 1. The van der Waals surface area contributed by atoms with Gasteiger partial charge in [-0.2, -0.15) is 10.5 Å². The minimum atomic E-state index is -1.40. The van der Waals surface area contributed by atoms with E-state index in [1.165, 1.54) is 19.6 Å². The van der Waals surface area contributed by atoms with Crippen molar-refractivity contribution in [2.24, 2.45) is 11.8 Å². The van der Waals surface area contributed by atoms with Crippen molar-refractivity contribution in [3.8, 4) is 12.1 Å². The number of aromatic nitrogens is 1. The molecule has 1 aromatic rings. The zero-order valence-electron chi connectivity index (χ0n) is 9.79. The maximum absolute atomic E-state index is 12.1. The number of nitriles is 2. The van der Waals surface area contributed by atoms with Gasteiger partial charge in [0.05, 0.1) is 25.4 Å². The van der Waals surface area contributed by atoms with Crippen LogP contribution in [-0.2, 0) is 14.9 Å². The number of methoxy groups -OCH3 is 1. The largest absolute Gasteiger partial charge is 0.468 e. The van der Waals surface area contributed by atoms with E-state index in [2.05, 4.69) is 4.98 Å². The van der Waals surface area contributed by atoms with Gasteiger partial charge in [0, 0.05) is 0 Å². The van der Waals surface area contributed by atoms with Gasteiger partial charge in [0.2, 0.25) is 5.89 Å². The molecule has 1 saturated carbocycles. The fraction of sp³-hybridized carbons (Fsp3) is 0.500. The molecular formula is C12H11N3O3. The third-order valence-corrected chi connectivity index (χ3v) is 3.24. The van der Waals surface area contributed by atoms with Crippen molar-refractivity contribution in [3.63, 3.8) is 0 Å². The van der Waals surface area contributed by atoms with Crippen LogP contribution in [0.15, 0.2) is 16.9 Å². The quantitative estimate of drug-likeness (QED) is 0.738. The van der Waals surface area contributed by atoms with E-state index in [1.54, 1.807) is 0 Å². The van der Waals surface area contributed by atoms with Crippen LogP contribution >= 0.6 is 0 Å². The number of hydrogen-bond donors (Lipinski definition) is 0. The van der Waals surface area contributed by atoms with Gasteiger partial charge in [0.15, 0.2) is 11.3 Å². The van der Waals surface area contributed by atoms with E-state index in [4.69, 9.17) is 19.7 Å². The number of ether oxygens (including phenoxy) is 1. The summed E-state index contributed by atoms with van der Waals surface area (Å²) in [4.78, 5) is 16.1. The first-order valence-corrected chi connectivity index (χ1v) is 5.49. The highest BCUT2D eigenvalue weighted by Crippen LogP contribution is 2.51. The van der Waals surface area contributed by atoms with E-state index in [1.807, 2.05) is 12.1 Å². The van der Waals surface area contributed by atoms with Crippen molar-refractivity contribution in [2.45, 2.75) is 18.3 Å². The fourth-order valence-corrected chi connectivity index (χ4v) is 2.27. The van der Waals surface area contributed by atoms with Gasteiger partial charge in [0.1, 0.15) is 6.26 Å². The summed E-state index contributed by atoms with van der Waals surface area (Å²) < 4.78 is 9.98. The summed E-state index contributed by atoms with van der Waals surface area (Å²) in [6.45, 7) is 0. The predicted octanol–water partition coefficient (Wildman–Crippen LogP) is 1.16. The Morgan fingerprint density at radius 3 is 2.67 bits per heavy atom. The molecule has 0 amide bonds. The maximum atomic E-state index is 12.1. The summed E-state index contributed by atoms with van der Waals surface area (Å²) in [5, 5.41) is 18.3. The van der Waals surface area contributed by atoms with Gasteiger partial charge in [0.25, 0.3) is 0 Å². The minimum Gasteiger partial charge on any atom is -0.468 e. The van der Waals surface area contributed by atoms with Crippen LogP contribution in [0.4, 0.5) is 0 Å². The summed E-state index contributed by atoms with van der Waals surface area (Å²) in [6.07, 6.45) is 4.21. The smallest absolute Gasteiger partial charge is 0.324 e. The second-order valence-corrected chi connectivity index (χ2v) is 4.16. The molecule has 92 valence electrons. The third-order valence-electron chi connectivity index (χ3n) is 3.24. The second-order valence-electron chi connectivity index (χ2n) is 4.16. The van der Waals surface area contributed by atoms with Crippen molar-refractivity contribution in [2.75, 3.05) is 7.11 Å². The lowest BCUT2D eigenvalue weighted by Crippen LogP contribution is -2.45. The van der Waals surface area contributed by atoms with Crippen LogP contribution in [-0.4, -0.2) is 18.1 Å². The molecule has 0 radical (unpaired) electrons. The highest BCUT2D eigenvalue weighted by Gasteiger charge is 2.62. The van der Waals surface area contributed by atoms with Crippen molar-refractivity contribution < 1.29 is 13.9 Å². The van der Waals surface area contributed by atoms with Crippen molar-refractivity contribution in [1.29, 1.82) is 10.5 Å². The summed E-state index contributed by atoms with van der Waals surface area (Å²) in [5.74, 6) is -1.85. The van der Waals surface area contributed by atoms with Gasteiger partial charge in [-0.1, -0.05) is 0 Å². The molecule has 2 rings (SSSR count). The normalized spacial score (nSPS) is 17.6. The molecule has 6 nitrogen and oxygen atoms in total. The van der Waals surface area contributed by atoms with Crippen LogP contribution in [0.5, 0.6) is 0 Å². The van der Waals surface area contributed by atoms with Gasteiger partial charge in [-0.3, -0.25) is 4.79 Å². The number of rotatable bonds is 4. The lowest BCUT2D eigenvalue weighted by atomic mass is 9.72. The minimum absolute atomic E-state index is 0.0879. The monoisotopic (exact) mass is 245 g/mol. The van der Waals surface area contributed by atoms with Crippen LogP contribution in [0.25, 0.3) is 0 Å². The van der Waals surface area contributed by atoms with Crippen LogP contribution in [0.3, 0.4) is 0 Å². The summed E-state index contributed by atoms with van der Waals surface area (Å²) in [5.41, 5.74) is -1.40. The van der Waals surface area contributed by atoms with Gasteiger partial charge < -0.3 is 9.15 Å². The Labute approximate surface area is 104 Å². The summed E-state index contributed by atoms with van der Waals surface area (Å²) >= 11 is 0. The van der Waals surface area contributed by atoms with Crippen LogP contribution < -0.4 is 0 Å². The molecule has 1 fully saturated rings. The van der Waals surface area contributed by atoms with Gasteiger partial charge in [-0.05, 0) is 18.8 Å². The van der Waals surface area contributed by atoms with E-state index >= 15 is 0 Å².